The van der Waals surface area contributed by atoms with E-state index in [9.17, 15) is 14.7 Å². The van der Waals surface area contributed by atoms with Crippen LogP contribution in [0.1, 0.15) is 52.1 Å². The fourth-order valence-corrected chi connectivity index (χ4v) is 7.65. The monoisotopic (exact) mass is 622 g/mol. The SMILES string of the molecule is Cc1ccc(C(c2ccccc2)(c2ccccc2)N2CCC(NC(=O)OCC3c4ccccc4-c4ccccc43)(C(=O)O)CC2)cc1. The largest absolute Gasteiger partial charge is 0.480 e. The predicted molar refractivity (Wildman–Crippen MR) is 183 cm³/mol. The van der Waals surface area contributed by atoms with Crippen molar-refractivity contribution in [2.75, 3.05) is 19.7 Å². The maximum atomic E-state index is 13.4. The molecule has 1 heterocycles. The molecule has 0 radical (unpaired) electrons. The van der Waals surface area contributed by atoms with Gasteiger partial charge in [-0.05, 0) is 58.7 Å². The maximum Gasteiger partial charge on any atom is 0.408 e. The summed E-state index contributed by atoms with van der Waals surface area (Å²) >= 11 is 0. The molecule has 1 fully saturated rings. The van der Waals surface area contributed by atoms with Gasteiger partial charge in [0.15, 0.2) is 0 Å². The molecule has 0 bridgehead atoms. The van der Waals surface area contributed by atoms with Gasteiger partial charge in [0.1, 0.15) is 12.1 Å². The zero-order valence-corrected chi connectivity index (χ0v) is 26.4. The number of nitrogens with one attached hydrogen (secondary N) is 1. The molecule has 0 spiro atoms. The quantitative estimate of drug-likeness (QED) is 0.173. The predicted octanol–water partition coefficient (Wildman–Crippen LogP) is 7.74. The van der Waals surface area contributed by atoms with Gasteiger partial charge in [0.25, 0.3) is 0 Å². The van der Waals surface area contributed by atoms with E-state index in [1.165, 1.54) is 5.56 Å². The van der Waals surface area contributed by atoms with Crippen LogP contribution in [0.5, 0.6) is 0 Å². The molecule has 6 nitrogen and oxygen atoms in total. The summed E-state index contributed by atoms with van der Waals surface area (Å²) in [5.41, 5.74) is 6.85. The second kappa shape index (κ2) is 12.5. The minimum atomic E-state index is -1.45. The lowest BCUT2D eigenvalue weighted by molar-refractivity contribution is -0.147. The van der Waals surface area contributed by atoms with Crippen molar-refractivity contribution >= 4 is 12.1 Å². The molecule has 7 rings (SSSR count). The van der Waals surface area contributed by atoms with Crippen LogP contribution in [0.4, 0.5) is 4.79 Å². The Bertz CT molecular complexity index is 1800. The van der Waals surface area contributed by atoms with Crippen LogP contribution >= 0.6 is 0 Å². The first-order chi connectivity index (χ1) is 22.9. The van der Waals surface area contributed by atoms with Crippen LogP contribution in [0.25, 0.3) is 11.1 Å². The number of benzene rings is 5. The van der Waals surface area contributed by atoms with Gasteiger partial charge in [-0.25, -0.2) is 9.59 Å². The normalized spacial score (nSPS) is 15.8. The first kappa shape index (κ1) is 30.5. The number of hydrogen-bond acceptors (Lipinski definition) is 4. The molecule has 2 aliphatic rings. The van der Waals surface area contributed by atoms with E-state index in [2.05, 4.69) is 89.9 Å². The zero-order chi connectivity index (χ0) is 32.4. The molecule has 5 aromatic rings. The Morgan fingerprint density at radius 2 is 1.19 bits per heavy atom. The smallest absolute Gasteiger partial charge is 0.408 e. The molecule has 5 aromatic carbocycles. The highest BCUT2D eigenvalue weighted by molar-refractivity contribution is 5.85. The van der Waals surface area contributed by atoms with Crippen molar-refractivity contribution in [2.45, 2.75) is 36.8 Å². The molecule has 1 amide bonds. The Balaban J connectivity index is 1.15. The molecule has 47 heavy (non-hydrogen) atoms. The second-order valence-electron chi connectivity index (χ2n) is 12.6. The van der Waals surface area contributed by atoms with Crippen LogP contribution in [0.3, 0.4) is 0 Å². The molecule has 0 aromatic heterocycles. The zero-order valence-electron chi connectivity index (χ0n) is 26.4. The van der Waals surface area contributed by atoms with Crippen LogP contribution in [0, 0.1) is 6.92 Å². The fraction of sp³-hybridized carbons (Fsp3) is 0.220. The summed E-state index contributed by atoms with van der Waals surface area (Å²) < 4.78 is 5.80. The van der Waals surface area contributed by atoms with Crippen LogP contribution in [-0.4, -0.2) is 47.3 Å². The van der Waals surface area contributed by atoms with Gasteiger partial charge < -0.3 is 15.2 Å². The molecule has 6 heteroatoms. The van der Waals surface area contributed by atoms with Crippen molar-refractivity contribution < 1.29 is 19.4 Å². The van der Waals surface area contributed by atoms with E-state index in [1.807, 2.05) is 60.7 Å². The number of piperidine rings is 1. The van der Waals surface area contributed by atoms with E-state index >= 15 is 0 Å². The number of ether oxygens (including phenoxy) is 1. The molecule has 0 unspecified atom stereocenters. The molecule has 1 saturated heterocycles. The maximum absolute atomic E-state index is 13.4. The lowest BCUT2D eigenvalue weighted by atomic mass is 9.73. The van der Waals surface area contributed by atoms with Gasteiger partial charge >= 0.3 is 12.1 Å². The minimum Gasteiger partial charge on any atom is -0.480 e. The third kappa shape index (κ3) is 5.38. The first-order valence-electron chi connectivity index (χ1n) is 16.2. The van der Waals surface area contributed by atoms with E-state index in [4.69, 9.17) is 4.74 Å². The highest BCUT2D eigenvalue weighted by atomic mass is 16.5. The Kier molecular flexibility index (Phi) is 8.12. The molecule has 1 aliphatic carbocycles. The first-order valence-corrected chi connectivity index (χ1v) is 16.2. The number of aliphatic carboxylic acids is 1. The number of aryl methyl sites for hydroxylation is 1. The summed E-state index contributed by atoms with van der Waals surface area (Å²) in [6.07, 6.45) is -0.266. The summed E-state index contributed by atoms with van der Waals surface area (Å²) in [6, 6.07) is 45.7. The number of hydrogen-bond donors (Lipinski definition) is 2. The third-order valence-electron chi connectivity index (χ3n) is 10.0. The van der Waals surface area contributed by atoms with E-state index < -0.39 is 23.1 Å². The van der Waals surface area contributed by atoms with Gasteiger partial charge in [-0.15, -0.1) is 0 Å². The van der Waals surface area contributed by atoms with E-state index in [-0.39, 0.29) is 25.4 Å². The number of fused-ring (bicyclic) bond motifs is 3. The summed E-state index contributed by atoms with van der Waals surface area (Å²) in [4.78, 5) is 28.6. The fourth-order valence-electron chi connectivity index (χ4n) is 7.65. The standard InChI is InChI=1S/C41H38N2O4/c1-29-20-22-32(23-21-29)41(30-12-4-2-5-13-30,31-14-6-3-7-15-31)43-26-24-40(25-27-43,38(44)45)42-39(46)47-28-37-35-18-10-8-16-33(35)34-17-9-11-19-36(34)37/h2-23,37H,24-28H2,1H3,(H,42,46)(H,44,45). The lowest BCUT2D eigenvalue weighted by Gasteiger charge is -2.50. The number of rotatable bonds is 8. The lowest BCUT2D eigenvalue weighted by Crippen LogP contribution is -2.63. The van der Waals surface area contributed by atoms with Gasteiger partial charge in [-0.1, -0.05) is 139 Å². The molecule has 236 valence electrons. The van der Waals surface area contributed by atoms with Crippen molar-refractivity contribution in [3.8, 4) is 11.1 Å². The Morgan fingerprint density at radius 1 is 0.723 bits per heavy atom. The second-order valence-corrected chi connectivity index (χ2v) is 12.6. The number of likely N-dealkylation sites (tertiary alicyclic amines) is 1. The summed E-state index contributed by atoms with van der Waals surface area (Å²) in [7, 11) is 0. The van der Waals surface area contributed by atoms with Crippen molar-refractivity contribution in [3.05, 3.63) is 167 Å². The Hall–Kier alpha value is -5.20. The number of carbonyl (C=O) groups is 2. The average Bonchev–Trinajstić information content (AvgIpc) is 3.43. The number of carbonyl (C=O) groups excluding carboxylic acids is 1. The molecule has 1 aliphatic heterocycles. The molecule has 0 atom stereocenters. The molecular formula is C41H38N2O4. The Labute approximate surface area is 275 Å². The summed E-state index contributed by atoms with van der Waals surface area (Å²) in [5.74, 6) is -1.16. The highest BCUT2D eigenvalue weighted by Crippen LogP contribution is 2.46. The van der Waals surface area contributed by atoms with Gasteiger partial charge in [-0.2, -0.15) is 0 Å². The van der Waals surface area contributed by atoms with Gasteiger partial charge in [0.2, 0.25) is 0 Å². The number of carboxylic acid groups (broad SMARTS) is 1. The van der Waals surface area contributed by atoms with Crippen LogP contribution in [-0.2, 0) is 15.1 Å². The third-order valence-corrected chi connectivity index (χ3v) is 10.0. The van der Waals surface area contributed by atoms with E-state index in [1.54, 1.807) is 0 Å². The minimum absolute atomic E-state index is 0.109. The molecule has 2 N–H and O–H groups in total. The van der Waals surface area contributed by atoms with Crippen molar-refractivity contribution in [1.29, 1.82) is 0 Å². The number of nitrogens with zero attached hydrogens (tertiary/aromatic N) is 1. The number of carboxylic acids is 1. The molecular weight excluding hydrogens is 584 g/mol. The van der Waals surface area contributed by atoms with Gasteiger partial charge in [0, 0.05) is 19.0 Å². The Morgan fingerprint density at radius 3 is 1.70 bits per heavy atom. The highest BCUT2D eigenvalue weighted by Gasteiger charge is 2.50. The van der Waals surface area contributed by atoms with Crippen molar-refractivity contribution in [2.24, 2.45) is 0 Å². The van der Waals surface area contributed by atoms with Crippen LogP contribution < -0.4 is 5.32 Å². The van der Waals surface area contributed by atoms with Crippen molar-refractivity contribution in [3.63, 3.8) is 0 Å². The summed E-state index contributed by atoms with van der Waals surface area (Å²) in [5, 5.41) is 13.4. The topological polar surface area (TPSA) is 78.9 Å². The molecule has 0 saturated carbocycles. The van der Waals surface area contributed by atoms with E-state index in [0.717, 1.165) is 38.9 Å². The van der Waals surface area contributed by atoms with E-state index in [0.29, 0.717) is 13.1 Å². The average molecular weight is 623 g/mol. The number of amides is 1. The van der Waals surface area contributed by atoms with Crippen molar-refractivity contribution in [1.82, 2.24) is 10.2 Å². The van der Waals surface area contributed by atoms with Gasteiger partial charge in [0.05, 0.1) is 5.54 Å². The van der Waals surface area contributed by atoms with Crippen LogP contribution in [0.2, 0.25) is 0 Å². The van der Waals surface area contributed by atoms with Crippen LogP contribution in [0.15, 0.2) is 133 Å². The van der Waals surface area contributed by atoms with Gasteiger partial charge in [-0.3, -0.25) is 4.90 Å². The number of alkyl carbamates (subject to hydrolysis) is 1. The summed E-state index contributed by atoms with van der Waals surface area (Å²) in [6.45, 7) is 3.08.